The third-order valence-electron chi connectivity index (χ3n) is 5.08. The molecule has 32 heavy (non-hydrogen) atoms. The van der Waals surface area contributed by atoms with Crippen molar-refractivity contribution in [3.05, 3.63) is 88.1 Å². The van der Waals surface area contributed by atoms with Gasteiger partial charge in [0, 0.05) is 35.0 Å². The molecule has 0 saturated heterocycles. The molecule has 0 aliphatic carbocycles. The predicted octanol–water partition coefficient (Wildman–Crippen LogP) is 3.56. The number of fused-ring (bicyclic) bond motifs is 1. The first-order valence-electron chi connectivity index (χ1n) is 9.81. The first kappa shape index (κ1) is 22.0. The lowest BCUT2D eigenvalue weighted by atomic mass is 9.98. The van der Waals surface area contributed by atoms with Crippen LogP contribution in [0.5, 0.6) is 5.88 Å². The lowest BCUT2D eigenvalue weighted by Gasteiger charge is -2.24. The summed E-state index contributed by atoms with van der Waals surface area (Å²) in [6.45, 7) is 0.280. The number of carbonyl (C=O) groups is 2. The molecular weight excluding hydrogens is 450 g/mol. The van der Waals surface area contributed by atoms with Crippen LogP contribution in [0.25, 0.3) is 0 Å². The summed E-state index contributed by atoms with van der Waals surface area (Å²) in [5.74, 6) is -0.138. The topological polar surface area (TPSA) is 97.4 Å². The lowest BCUT2D eigenvalue weighted by Crippen LogP contribution is -2.37. The van der Waals surface area contributed by atoms with Gasteiger partial charge >= 0.3 is 0 Å². The molecule has 2 N–H and O–H groups in total. The minimum Gasteiger partial charge on any atom is -0.481 e. The number of amides is 1. The molecule has 164 valence electrons. The van der Waals surface area contributed by atoms with Crippen LogP contribution in [0.1, 0.15) is 31.8 Å². The van der Waals surface area contributed by atoms with Gasteiger partial charge in [-0.1, -0.05) is 23.7 Å². The number of ether oxygens (including phenoxy) is 1. The average Bonchev–Trinajstić information content (AvgIpc) is 2.80. The van der Waals surface area contributed by atoms with Crippen LogP contribution in [0.4, 0.5) is 5.69 Å². The fourth-order valence-corrected chi connectivity index (χ4v) is 4.85. The summed E-state index contributed by atoms with van der Waals surface area (Å²) in [5, 5.41) is 2.60. The van der Waals surface area contributed by atoms with Gasteiger partial charge in [-0.3, -0.25) is 9.59 Å². The molecule has 2 heterocycles. The number of carbonyl (C=O) groups excluding carboxylic acids is 2. The van der Waals surface area contributed by atoms with Gasteiger partial charge in [0.25, 0.3) is 5.91 Å². The molecular formula is C23H20ClN3O4S. The number of nitrogens with zero attached hydrogens (tertiary/aromatic N) is 1. The van der Waals surface area contributed by atoms with Crippen LogP contribution in [-0.4, -0.2) is 33.2 Å². The number of aromatic nitrogens is 1. The zero-order valence-electron chi connectivity index (χ0n) is 17.1. The third kappa shape index (κ3) is 4.81. The van der Waals surface area contributed by atoms with Crippen molar-refractivity contribution in [1.29, 1.82) is 0 Å². The summed E-state index contributed by atoms with van der Waals surface area (Å²) >= 11 is 6.03. The maximum atomic E-state index is 13.1. The van der Waals surface area contributed by atoms with Gasteiger partial charge in [-0.15, -0.1) is 0 Å². The SMILES string of the molecule is COc1cc(CNC(=O)c2ccc3c(c2)C(=O)C(Cc2cccc(Cl)c2)S(=O)N3)ccn1. The van der Waals surface area contributed by atoms with E-state index in [2.05, 4.69) is 15.0 Å². The van der Waals surface area contributed by atoms with E-state index >= 15 is 0 Å². The Balaban J connectivity index is 1.50. The zero-order valence-corrected chi connectivity index (χ0v) is 18.7. The molecule has 2 aromatic carbocycles. The quantitative estimate of drug-likeness (QED) is 0.575. The van der Waals surface area contributed by atoms with E-state index in [1.165, 1.54) is 13.2 Å². The molecule has 4 rings (SSSR count). The molecule has 1 aliphatic heterocycles. The Morgan fingerprint density at radius 3 is 2.81 bits per heavy atom. The highest BCUT2D eigenvalue weighted by Gasteiger charge is 2.34. The standard InChI is InChI=1S/C23H20ClN3O4S/c1-31-21-11-15(7-8-25-21)13-26-23(29)16-5-6-19-18(12-16)22(28)20(32(30)27-19)10-14-3-2-4-17(24)9-14/h2-9,11-12,20,27H,10,13H2,1H3,(H,26,29). The maximum Gasteiger partial charge on any atom is 0.251 e. The lowest BCUT2D eigenvalue weighted by molar-refractivity contribution is 0.0951. The van der Waals surface area contributed by atoms with E-state index in [9.17, 15) is 13.8 Å². The number of benzene rings is 2. The van der Waals surface area contributed by atoms with Gasteiger partial charge in [0.15, 0.2) is 5.78 Å². The molecule has 1 amide bonds. The molecule has 0 saturated carbocycles. The molecule has 1 aliphatic rings. The summed E-state index contributed by atoms with van der Waals surface area (Å²) in [6, 6.07) is 15.4. The monoisotopic (exact) mass is 469 g/mol. The summed E-state index contributed by atoms with van der Waals surface area (Å²) in [7, 11) is -0.0631. The molecule has 2 unspecified atom stereocenters. The summed E-state index contributed by atoms with van der Waals surface area (Å²) < 4.78 is 20.6. The van der Waals surface area contributed by atoms with Gasteiger partial charge in [-0.2, -0.15) is 0 Å². The van der Waals surface area contributed by atoms with E-state index in [1.54, 1.807) is 48.7 Å². The molecule has 3 aromatic rings. The normalized spacial score (nSPS) is 17.2. The molecule has 0 bridgehead atoms. The highest BCUT2D eigenvalue weighted by atomic mass is 35.5. The number of ketones is 1. The van der Waals surface area contributed by atoms with Crippen LogP contribution in [-0.2, 0) is 24.0 Å². The molecule has 2 atom stereocenters. The highest BCUT2D eigenvalue weighted by molar-refractivity contribution is 7.88. The Bertz CT molecular complexity index is 1220. The summed E-state index contributed by atoms with van der Waals surface area (Å²) in [4.78, 5) is 29.8. The second kappa shape index (κ2) is 9.50. The number of hydrogen-bond acceptors (Lipinski definition) is 5. The molecule has 0 spiro atoms. The minimum absolute atomic E-state index is 0.273. The van der Waals surface area contributed by atoms with Gasteiger partial charge in [-0.05, 0) is 53.9 Å². The number of halogens is 1. The second-order valence-electron chi connectivity index (χ2n) is 7.24. The van der Waals surface area contributed by atoms with Gasteiger partial charge < -0.3 is 14.8 Å². The molecule has 9 heteroatoms. The molecule has 0 fully saturated rings. The van der Waals surface area contributed by atoms with Crippen LogP contribution in [0, 0.1) is 0 Å². The van der Waals surface area contributed by atoms with Gasteiger partial charge in [0.1, 0.15) is 16.2 Å². The summed E-state index contributed by atoms with van der Waals surface area (Å²) in [5.41, 5.74) is 2.78. The fraction of sp³-hybridized carbons (Fsp3) is 0.174. The predicted molar refractivity (Wildman–Crippen MR) is 123 cm³/mol. The van der Waals surface area contributed by atoms with E-state index in [-0.39, 0.29) is 24.7 Å². The third-order valence-corrected chi connectivity index (χ3v) is 6.63. The molecule has 0 radical (unpaired) electrons. The Morgan fingerprint density at radius 2 is 2.03 bits per heavy atom. The number of methoxy groups -OCH3 is 1. The van der Waals surface area contributed by atoms with Gasteiger partial charge in [-0.25, -0.2) is 9.19 Å². The van der Waals surface area contributed by atoms with Crippen LogP contribution >= 0.6 is 11.6 Å². The first-order chi connectivity index (χ1) is 15.4. The first-order valence-corrected chi connectivity index (χ1v) is 11.4. The van der Waals surface area contributed by atoms with Crippen LogP contribution in [0.3, 0.4) is 0 Å². The second-order valence-corrected chi connectivity index (χ2v) is 9.04. The van der Waals surface area contributed by atoms with E-state index in [1.807, 2.05) is 6.07 Å². The maximum absolute atomic E-state index is 13.1. The minimum atomic E-state index is -1.59. The fourth-order valence-electron chi connectivity index (χ4n) is 3.43. The zero-order chi connectivity index (χ0) is 22.7. The molecule has 1 aromatic heterocycles. The van der Waals surface area contributed by atoms with E-state index in [0.717, 1.165) is 11.1 Å². The van der Waals surface area contributed by atoms with Crippen molar-refractivity contribution in [1.82, 2.24) is 10.3 Å². The molecule has 7 nitrogen and oxygen atoms in total. The van der Waals surface area contributed by atoms with Crippen molar-refractivity contribution < 1.29 is 18.5 Å². The Kier molecular flexibility index (Phi) is 6.53. The van der Waals surface area contributed by atoms with E-state index in [0.29, 0.717) is 27.7 Å². The Hall–Kier alpha value is -3.23. The number of pyridine rings is 1. The number of anilines is 1. The smallest absolute Gasteiger partial charge is 0.251 e. The van der Waals surface area contributed by atoms with Crippen molar-refractivity contribution in [2.75, 3.05) is 11.8 Å². The van der Waals surface area contributed by atoms with Crippen molar-refractivity contribution in [3.8, 4) is 5.88 Å². The van der Waals surface area contributed by atoms with E-state index in [4.69, 9.17) is 16.3 Å². The van der Waals surface area contributed by atoms with Crippen LogP contribution < -0.4 is 14.8 Å². The number of nitrogens with one attached hydrogen (secondary N) is 2. The largest absolute Gasteiger partial charge is 0.481 e. The van der Waals surface area contributed by atoms with E-state index < -0.39 is 16.2 Å². The van der Waals surface area contributed by atoms with Gasteiger partial charge in [0.05, 0.1) is 12.8 Å². The van der Waals surface area contributed by atoms with Crippen molar-refractivity contribution in [2.45, 2.75) is 18.2 Å². The number of rotatable bonds is 6. The Labute approximate surface area is 192 Å². The van der Waals surface area contributed by atoms with Crippen LogP contribution in [0.2, 0.25) is 5.02 Å². The number of Topliss-reactive ketones (excluding diaryl/α,β-unsaturated/α-hetero) is 1. The average molecular weight is 470 g/mol. The number of hydrogen-bond donors (Lipinski definition) is 2. The van der Waals surface area contributed by atoms with Gasteiger partial charge in [0.2, 0.25) is 5.88 Å². The van der Waals surface area contributed by atoms with Crippen molar-refractivity contribution in [3.63, 3.8) is 0 Å². The highest BCUT2D eigenvalue weighted by Crippen LogP contribution is 2.28. The Morgan fingerprint density at radius 1 is 1.19 bits per heavy atom. The summed E-state index contributed by atoms with van der Waals surface area (Å²) in [6.07, 6.45) is 1.88. The van der Waals surface area contributed by atoms with Crippen molar-refractivity contribution in [2.24, 2.45) is 0 Å². The van der Waals surface area contributed by atoms with Crippen molar-refractivity contribution >= 4 is 40.0 Å². The van der Waals surface area contributed by atoms with Crippen LogP contribution in [0.15, 0.2) is 60.8 Å².